The van der Waals surface area contributed by atoms with Crippen molar-refractivity contribution in [2.75, 3.05) is 5.32 Å². The van der Waals surface area contributed by atoms with Crippen LogP contribution in [0.25, 0.3) is 0 Å². The maximum Gasteiger partial charge on any atom is 0.260 e. The second kappa shape index (κ2) is 5.46. The van der Waals surface area contributed by atoms with Crippen LogP contribution in [-0.4, -0.2) is 16.7 Å². The Hall–Kier alpha value is -2.15. The zero-order valence-electron chi connectivity index (χ0n) is 10.7. The van der Waals surface area contributed by atoms with Crippen LogP contribution in [0.1, 0.15) is 33.3 Å². The van der Waals surface area contributed by atoms with Crippen molar-refractivity contribution in [3.05, 3.63) is 46.0 Å². The number of aryl methyl sites for hydroxylation is 1. The maximum absolute atomic E-state index is 13.5. The molecule has 0 aliphatic carbocycles. The van der Waals surface area contributed by atoms with Gasteiger partial charge in [-0.1, -0.05) is 0 Å². The van der Waals surface area contributed by atoms with E-state index in [0.717, 1.165) is 17.4 Å². The third-order valence-corrected chi connectivity index (χ3v) is 3.34. The number of nitrogens with one attached hydrogen (secondary N) is 1. The van der Waals surface area contributed by atoms with Crippen molar-refractivity contribution in [2.24, 2.45) is 0 Å². The summed E-state index contributed by atoms with van der Waals surface area (Å²) in [4.78, 5) is 26.9. The summed E-state index contributed by atoms with van der Waals surface area (Å²) < 4.78 is 26.7. The molecule has 0 fully saturated rings. The smallest absolute Gasteiger partial charge is 0.260 e. The number of carbonyl (C=O) groups is 2. The lowest BCUT2D eigenvalue weighted by Gasteiger charge is -2.05. The van der Waals surface area contributed by atoms with E-state index in [0.29, 0.717) is 6.07 Å². The van der Waals surface area contributed by atoms with E-state index in [1.54, 1.807) is 0 Å². The van der Waals surface area contributed by atoms with Crippen LogP contribution >= 0.6 is 11.3 Å². The Morgan fingerprint density at radius 1 is 1.25 bits per heavy atom. The molecule has 2 rings (SSSR count). The molecule has 0 unspecified atom stereocenters. The third kappa shape index (κ3) is 2.88. The summed E-state index contributed by atoms with van der Waals surface area (Å²) in [6.45, 7) is 2.78. The van der Waals surface area contributed by atoms with E-state index in [-0.39, 0.29) is 27.7 Å². The van der Waals surface area contributed by atoms with E-state index >= 15 is 0 Å². The summed E-state index contributed by atoms with van der Waals surface area (Å²) in [6.07, 6.45) is 0. The number of Topliss-reactive ketones (excluding diaryl/α,β-unsaturated/α-hetero) is 1. The Morgan fingerprint density at radius 2 is 1.95 bits per heavy atom. The Balaban J connectivity index is 2.23. The monoisotopic (exact) mass is 296 g/mol. The number of benzene rings is 1. The van der Waals surface area contributed by atoms with Crippen molar-refractivity contribution >= 4 is 28.2 Å². The van der Waals surface area contributed by atoms with Gasteiger partial charge >= 0.3 is 0 Å². The molecule has 0 saturated carbocycles. The molecule has 1 heterocycles. The van der Waals surface area contributed by atoms with Gasteiger partial charge in [-0.15, -0.1) is 11.3 Å². The van der Waals surface area contributed by atoms with Crippen LogP contribution in [0.5, 0.6) is 0 Å². The van der Waals surface area contributed by atoms with Gasteiger partial charge in [-0.05, 0) is 18.6 Å². The molecule has 4 nitrogen and oxygen atoms in total. The van der Waals surface area contributed by atoms with Gasteiger partial charge in [-0.25, -0.2) is 13.8 Å². The topological polar surface area (TPSA) is 59.1 Å². The largest absolute Gasteiger partial charge is 0.298 e. The highest BCUT2D eigenvalue weighted by atomic mass is 32.1. The molecule has 2 aromatic rings. The standard InChI is InChI=1S/C13H10F2N2O2S/c1-6-3-8(10(15)4-9(6)14)12(19)17-13-16-11(5-20-13)7(2)18/h3-5H,1-2H3,(H,16,17,19). The average Bonchev–Trinajstić information content (AvgIpc) is 2.82. The molecule has 1 aromatic carbocycles. The Labute approximate surface area is 117 Å². The molecule has 0 aliphatic heterocycles. The minimum Gasteiger partial charge on any atom is -0.298 e. The predicted octanol–water partition coefficient (Wildman–Crippen LogP) is 3.18. The normalized spacial score (nSPS) is 10.4. The first-order chi connectivity index (χ1) is 9.38. The number of thiazole rings is 1. The van der Waals surface area contributed by atoms with E-state index < -0.39 is 17.5 Å². The van der Waals surface area contributed by atoms with E-state index in [9.17, 15) is 18.4 Å². The van der Waals surface area contributed by atoms with Crippen molar-refractivity contribution in [2.45, 2.75) is 13.8 Å². The molecule has 20 heavy (non-hydrogen) atoms. The van der Waals surface area contributed by atoms with Crippen LogP contribution in [0, 0.1) is 18.6 Å². The van der Waals surface area contributed by atoms with Gasteiger partial charge in [0.1, 0.15) is 17.3 Å². The Kier molecular flexibility index (Phi) is 3.89. The van der Waals surface area contributed by atoms with Crippen LogP contribution in [0.2, 0.25) is 0 Å². The quantitative estimate of drug-likeness (QED) is 0.885. The fourth-order valence-electron chi connectivity index (χ4n) is 1.49. The van der Waals surface area contributed by atoms with Gasteiger partial charge < -0.3 is 0 Å². The number of rotatable bonds is 3. The molecule has 104 valence electrons. The highest BCUT2D eigenvalue weighted by molar-refractivity contribution is 7.14. The molecule has 0 aliphatic rings. The molecular formula is C13H10F2N2O2S. The molecular weight excluding hydrogens is 286 g/mol. The lowest BCUT2D eigenvalue weighted by atomic mass is 10.1. The van der Waals surface area contributed by atoms with Gasteiger partial charge in [0.2, 0.25) is 0 Å². The van der Waals surface area contributed by atoms with Gasteiger partial charge in [-0.3, -0.25) is 14.9 Å². The number of hydrogen-bond donors (Lipinski definition) is 1. The highest BCUT2D eigenvalue weighted by Gasteiger charge is 2.16. The molecule has 0 saturated heterocycles. The van der Waals surface area contributed by atoms with Gasteiger partial charge in [0.15, 0.2) is 10.9 Å². The number of carbonyl (C=O) groups excluding carboxylic acids is 2. The first-order valence-corrected chi connectivity index (χ1v) is 6.50. The molecule has 0 spiro atoms. The molecule has 1 aromatic heterocycles. The maximum atomic E-state index is 13.5. The molecule has 0 bridgehead atoms. The highest BCUT2D eigenvalue weighted by Crippen LogP contribution is 2.19. The van der Waals surface area contributed by atoms with Crippen molar-refractivity contribution in [1.82, 2.24) is 4.98 Å². The Bertz CT molecular complexity index is 698. The number of halogens is 2. The summed E-state index contributed by atoms with van der Waals surface area (Å²) in [6, 6.07) is 1.78. The van der Waals surface area contributed by atoms with Gasteiger partial charge in [0.05, 0.1) is 5.56 Å². The zero-order chi connectivity index (χ0) is 14.9. The number of aromatic nitrogens is 1. The van der Waals surface area contributed by atoms with Crippen molar-refractivity contribution in [3.63, 3.8) is 0 Å². The third-order valence-electron chi connectivity index (χ3n) is 2.58. The van der Waals surface area contributed by atoms with E-state index in [1.807, 2.05) is 0 Å². The molecule has 7 heteroatoms. The molecule has 0 radical (unpaired) electrons. The second-order valence-corrected chi connectivity index (χ2v) is 4.99. The van der Waals surface area contributed by atoms with E-state index in [4.69, 9.17) is 0 Å². The van der Waals surface area contributed by atoms with Crippen LogP contribution in [0.15, 0.2) is 17.5 Å². The zero-order valence-corrected chi connectivity index (χ0v) is 11.5. The summed E-state index contributed by atoms with van der Waals surface area (Å²) in [7, 11) is 0. The fourth-order valence-corrected chi connectivity index (χ4v) is 2.23. The summed E-state index contributed by atoms with van der Waals surface area (Å²) in [5.41, 5.74) is 0.115. The predicted molar refractivity (Wildman–Crippen MR) is 71.2 cm³/mol. The van der Waals surface area contributed by atoms with Gasteiger partial charge in [-0.2, -0.15) is 0 Å². The van der Waals surface area contributed by atoms with Crippen LogP contribution < -0.4 is 5.32 Å². The number of nitrogens with zero attached hydrogens (tertiary/aromatic N) is 1. The lowest BCUT2D eigenvalue weighted by Crippen LogP contribution is -2.14. The van der Waals surface area contributed by atoms with Gasteiger partial charge in [0.25, 0.3) is 5.91 Å². The minimum absolute atomic E-state index is 0.167. The molecule has 1 N–H and O–H groups in total. The van der Waals surface area contributed by atoms with E-state index in [2.05, 4.69) is 10.3 Å². The minimum atomic E-state index is -0.950. The molecule has 1 amide bonds. The Morgan fingerprint density at radius 3 is 2.55 bits per heavy atom. The van der Waals surface area contributed by atoms with Crippen molar-refractivity contribution < 1.29 is 18.4 Å². The van der Waals surface area contributed by atoms with Crippen LogP contribution in [0.4, 0.5) is 13.9 Å². The molecule has 0 atom stereocenters. The number of hydrogen-bond acceptors (Lipinski definition) is 4. The summed E-state index contributed by atoms with van der Waals surface area (Å²) in [5.74, 6) is -2.64. The fraction of sp³-hybridized carbons (Fsp3) is 0.154. The van der Waals surface area contributed by atoms with E-state index in [1.165, 1.54) is 19.2 Å². The van der Waals surface area contributed by atoms with Crippen molar-refractivity contribution in [3.8, 4) is 0 Å². The van der Waals surface area contributed by atoms with Gasteiger partial charge in [0, 0.05) is 18.4 Å². The number of amides is 1. The summed E-state index contributed by atoms with van der Waals surface area (Å²) in [5, 5.41) is 4.05. The SMILES string of the molecule is CC(=O)c1csc(NC(=O)c2cc(C)c(F)cc2F)n1. The lowest BCUT2D eigenvalue weighted by molar-refractivity contribution is 0.100. The first kappa shape index (κ1) is 14.3. The first-order valence-electron chi connectivity index (χ1n) is 5.62. The number of ketones is 1. The summed E-state index contributed by atoms with van der Waals surface area (Å²) >= 11 is 1.05. The van der Waals surface area contributed by atoms with Crippen LogP contribution in [-0.2, 0) is 0 Å². The van der Waals surface area contributed by atoms with Crippen LogP contribution in [0.3, 0.4) is 0 Å². The second-order valence-electron chi connectivity index (χ2n) is 4.13. The number of anilines is 1. The average molecular weight is 296 g/mol. The van der Waals surface area contributed by atoms with Crippen molar-refractivity contribution in [1.29, 1.82) is 0 Å².